The number of unbranched alkanes of at least 4 members (excludes halogenated alkanes) is 1. The summed E-state index contributed by atoms with van der Waals surface area (Å²) < 4.78 is 28.2. The van der Waals surface area contributed by atoms with Crippen molar-refractivity contribution >= 4 is 10.0 Å². The lowest BCUT2D eigenvalue weighted by Crippen LogP contribution is -2.29. The first-order chi connectivity index (χ1) is 8.39. The zero-order chi connectivity index (χ0) is 13.8. The van der Waals surface area contributed by atoms with Crippen LogP contribution in [0.1, 0.15) is 50.9 Å². The Balaban J connectivity index is 2.75. The van der Waals surface area contributed by atoms with Crippen LogP contribution in [-0.2, 0) is 16.6 Å². The van der Waals surface area contributed by atoms with Crippen LogP contribution < -0.4 is 4.72 Å². The SMILES string of the molecule is CCCCS(=O)(=O)NC(C)c1cn(CC)nc1C. The highest BCUT2D eigenvalue weighted by Gasteiger charge is 2.18. The molecule has 0 saturated heterocycles. The molecule has 1 unspecified atom stereocenters. The Bertz CT molecular complexity index is 480. The molecule has 1 atom stereocenters. The standard InChI is InChI=1S/C12H23N3O2S/c1-5-7-8-18(16,17)14-11(4)12-9-15(6-2)13-10(12)3/h9,11,14H,5-8H2,1-4H3. The number of sulfonamides is 1. The molecule has 1 heterocycles. The van der Waals surface area contributed by atoms with Crippen molar-refractivity contribution in [1.82, 2.24) is 14.5 Å². The normalized spacial score (nSPS) is 13.8. The molecule has 0 fully saturated rings. The minimum atomic E-state index is -3.19. The fourth-order valence-corrected chi connectivity index (χ4v) is 3.30. The number of hydrogen-bond donors (Lipinski definition) is 1. The average molecular weight is 273 g/mol. The van der Waals surface area contributed by atoms with Gasteiger partial charge in [0, 0.05) is 24.3 Å². The van der Waals surface area contributed by atoms with Crippen LogP contribution in [0.25, 0.3) is 0 Å². The van der Waals surface area contributed by atoms with Crippen LogP contribution in [0.5, 0.6) is 0 Å². The fraction of sp³-hybridized carbons (Fsp3) is 0.750. The van der Waals surface area contributed by atoms with Crippen molar-refractivity contribution in [2.24, 2.45) is 0 Å². The summed E-state index contributed by atoms with van der Waals surface area (Å²) in [5.41, 5.74) is 1.82. The molecule has 18 heavy (non-hydrogen) atoms. The molecule has 1 rings (SSSR count). The molecule has 104 valence electrons. The molecular weight excluding hydrogens is 250 g/mol. The van der Waals surface area contributed by atoms with Crippen LogP contribution in [0.2, 0.25) is 0 Å². The van der Waals surface area contributed by atoms with Crippen molar-refractivity contribution in [2.75, 3.05) is 5.75 Å². The Kier molecular flexibility index (Phi) is 5.34. The lowest BCUT2D eigenvalue weighted by atomic mass is 10.1. The second kappa shape index (κ2) is 6.33. The predicted molar refractivity (Wildman–Crippen MR) is 72.9 cm³/mol. The molecule has 0 aliphatic rings. The Morgan fingerprint density at radius 2 is 2.11 bits per heavy atom. The van der Waals surface area contributed by atoms with Crippen molar-refractivity contribution in [3.63, 3.8) is 0 Å². The summed E-state index contributed by atoms with van der Waals surface area (Å²) in [6.07, 6.45) is 3.47. The van der Waals surface area contributed by atoms with Gasteiger partial charge in [0.05, 0.1) is 11.4 Å². The molecule has 0 aliphatic carbocycles. The Morgan fingerprint density at radius 3 is 2.61 bits per heavy atom. The van der Waals surface area contributed by atoms with Gasteiger partial charge in [0.15, 0.2) is 0 Å². The van der Waals surface area contributed by atoms with E-state index in [0.29, 0.717) is 6.42 Å². The van der Waals surface area contributed by atoms with E-state index in [1.807, 2.05) is 38.6 Å². The number of hydrogen-bond acceptors (Lipinski definition) is 3. The maximum atomic E-state index is 11.8. The predicted octanol–water partition coefficient (Wildman–Crippen LogP) is 1.99. The first kappa shape index (κ1) is 15.2. The van der Waals surface area contributed by atoms with Crippen molar-refractivity contribution < 1.29 is 8.42 Å². The summed E-state index contributed by atoms with van der Waals surface area (Å²) in [6.45, 7) is 8.53. The van der Waals surface area contributed by atoms with Gasteiger partial charge < -0.3 is 0 Å². The molecular formula is C12H23N3O2S. The third-order valence-corrected chi connectivity index (χ3v) is 4.44. The Hall–Kier alpha value is -0.880. The molecule has 6 heteroatoms. The summed E-state index contributed by atoms with van der Waals surface area (Å²) in [6, 6.07) is -0.229. The number of rotatable bonds is 7. The average Bonchev–Trinajstić information content (AvgIpc) is 2.67. The van der Waals surface area contributed by atoms with Gasteiger partial charge in [-0.15, -0.1) is 0 Å². The molecule has 0 aromatic carbocycles. The third-order valence-electron chi connectivity index (χ3n) is 2.90. The highest BCUT2D eigenvalue weighted by Crippen LogP contribution is 2.17. The Labute approximate surface area is 110 Å². The van der Waals surface area contributed by atoms with Crippen LogP contribution in [0.3, 0.4) is 0 Å². The van der Waals surface area contributed by atoms with Gasteiger partial charge in [-0.1, -0.05) is 13.3 Å². The van der Waals surface area contributed by atoms with Gasteiger partial charge in [-0.25, -0.2) is 13.1 Å². The highest BCUT2D eigenvalue weighted by molar-refractivity contribution is 7.89. The summed E-state index contributed by atoms with van der Waals surface area (Å²) in [7, 11) is -3.19. The van der Waals surface area contributed by atoms with Gasteiger partial charge in [-0.05, 0) is 27.2 Å². The first-order valence-corrected chi connectivity index (χ1v) is 8.08. The van der Waals surface area contributed by atoms with Gasteiger partial charge in [0.2, 0.25) is 10.0 Å². The summed E-state index contributed by atoms with van der Waals surface area (Å²) in [5.74, 6) is 0.189. The molecule has 0 amide bonds. The summed E-state index contributed by atoms with van der Waals surface area (Å²) in [5, 5.41) is 4.32. The van der Waals surface area contributed by atoms with E-state index in [2.05, 4.69) is 9.82 Å². The minimum absolute atomic E-state index is 0.189. The lowest BCUT2D eigenvalue weighted by Gasteiger charge is -2.13. The van der Waals surface area contributed by atoms with E-state index in [4.69, 9.17) is 0 Å². The van der Waals surface area contributed by atoms with Crippen LogP contribution in [0, 0.1) is 6.92 Å². The first-order valence-electron chi connectivity index (χ1n) is 6.43. The van der Waals surface area contributed by atoms with Gasteiger partial charge in [0.25, 0.3) is 0 Å². The van der Waals surface area contributed by atoms with E-state index < -0.39 is 10.0 Å². The van der Waals surface area contributed by atoms with Gasteiger partial charge in [-0.2, -0.15) is 5.10 Å². The van der Waals surface area contributed by atoms with Crippen molar-refractivity contribution in [2.45, 2.75) is 53.1 Å². The molecule has 1 aromatic heterocycles. The van der Waals surface area contributed by atoms with E-state index >= 15 is 0 Å². The zero-order valence-corrected chi connectivity index (χ0v) is 12.4. The second-order valence-corrected chi connectivity index (χ2v) is 6.41. The zero-order valence-electron chi connectivity index (χ0n) is 11.6. The molecule has 0 saturated carbocycles. The molecule has 0 radical (unpaired) electrons. The van der Waals surface area contributed by atoms with Crippen molar-refractivity contribution in [1.29, 1.82) is 0 Å². The maximum Gasteiger partial charge on any atom is 0.212 e. The van der Waals surface area contributed by atoms with E-state index in [9.17, 15) is 8.42 Å². The second-order valence-electron chi connectivity index (χ2n) is 4.54. The van der Waals surface area contributed by atoms with E-state index in [1.165, 1.54) is 0 Å². The number of aryl methyl sites for hydroxylation is 2. The molecule has 1 N–H and O–H groups in total. The number of nitrogens with one attached hydrogen (secondary N) is 1. The Morgan fingerprint density at radius 1 is 1.44 bits per heavy atom. The number of nitrogens with zero attached hydrogens (tertiary/aromatic N) is 2. The van der Waals surface area contributed by atoms with Crippen molar-refractivity contribution in [3.05, 3.63) is 17.5 Å². The number of aromatic nitrogens is 2. The topological polar surface area (TPSA) is 64.0 Å². The summed E-state index contributed by atoms with van der Waals surface area (Å²) >= 11 is 0. The molecule has 5 nitrogen and oxygen atoms in total. The quantitative estimate of drug-likeness (QED) is 0.826. The van der Waals surface area contributed by atoms with E-state index in [0.717, 1.165) is 24.2 Å². The lowest BCUT2D eigenvalue weighted by molar-refractivity contribution is 0.563. The van der Waals surface area contributed by atoms with Crippen LogP contribution in [-0.4, -0.2) is 24.0 Å². The fourth-order valence-electron chi connectivity index (χ4n) is 1.85. The highest BCUT2D eigenvalue weighted by atomic mass is 32.2. The molecule has 1 aromatic rings. The minimum Gasteiger partial charge on any atom is -0.272 e. The van der Waals surface area contributed by atoms with Crippen LogP contribution in [0.4, 0.5) is 0 Å². The molecule has 0 spiro atoms. The third kappa shape index (κ3) is 4.10. The van der Waals surface area contributed by atoms with E-state index in [-0.39, 0.29) is 11.8 Å². The molecule has 0 bridgehead atoms. The largest absolute Gasteiger partial charge is 0.272 e. The van der Waals surface area contributed by atoms with Crippen LogP contribution >= 0.6 is 0 Å². The van der Waals surface area contributed by atoms with Gasteiger partial charge >= 0.3 is 0 Å². The summed E-state index contributed by atoms with van der Waals surface area (Å²) in [4.78, 5) is 0. The maximum absolute atomic E-state index is 11.8. The monoisotopic (exact) mass is 273 g/mol. The van der Waals surface area contributed by atoms with Crippen LogP contribution in [0.15, 0.2) is 6.20 Å². The van der Waals surface area contributed by atoms with Crippen molar-refractivity contribution in [3.8, 4) is 0 Å². The molecule has 0 aliphatic heterocycles. The smallest absolute Gasteiger partial charge is 0.212 e. The van der Waals surface area contributed by atoms with Gasteiger partial charge in [-0.3, -0.25) is 4.68 Å². The van der Waals surface area contributed by atoms with E-state index in [1.54, 1.807) is 0 Å². The van der Waals surface area contributed by atoms with Gasteiger partial charge in [0.1, 0.15) is 0 Å².